The summed E-state index contributed by atoms with van der Waals surface area (Å²) in [5, 5.41) is 7.77. The van der Waals surface area contributed by atoms with Gasteiger partial charge in [0.25, 0.3) is 0 Å². The molecule has 29 heavy (non-hydrogen) atoms. The Hall–Kier alpha value is -2.30. The van der Waals surface area contributed by atoms with Crippen molar-refractivity contribution in [2.45, 2.75) is 20.4 Å². The van der Waals surface area contributed by atoms with Crippen molar-refractivity contribution in [1.82, 2.24) is 24.9 Å². The van der Waals surface area contributed by atoms with Crippen LogP contribution >= 0.6 is 24.0 Å². The van der Waals surface area contributed by atoms with Gasteiger partial charge in [-0.15, -0.1) is 24.0 Å². The fraction of sp³-hybridized carbons (Fsp3) is 0.450. The van der Waals surface area contributed by atoms with Crippen molar-refractivity contribution >= 4 is 36.0 Å². The Morgan fingerprint density at radius 1 is 1.14 bits per heavy atom. The van der Waals surface area contributed by atoms with E-state index < -0.39 is 0 Å². The third-order valence-electron chi connectivity index (χ3n) is 4.51. The summed E-state index contributed by atoms with van der Waals surface area (Å²) in [5.41, 5.74) is 2.07. The van der Waals surface area contributed by atoms with Crippen molar-refractivity contribution in [2.75, 3.05) is 39.3 Å². The highest BCUT2D eigenvalue weighted by Gasteiger charge is 2.23. The topological polar surface area (TPSA) is 75.0 Å². The summed E-state index contributed by atoms with van der Waals surface area (Å²) >= 11 is 0. The lowest BCUT2D eigenvalue weighted by molar-refractivity contribution is 0.0914. The Morgan fingerprint density at radius 3 is 2.48 bits per heavy atom. The SMILES string of the molecule is CCNC(=NCc1cnn(-c2ccccc2)c1)N1CCN(C(=O)OCC)CC1.I. The number of para-hydroxylation sites is 1. The fourth-order valence-corrected chi connectivity index (χ4v) is 3.07. The standard InChI is InChI=1S/C20H28N6O2.HI/c1-3-21-19(24-10-12-25(13-11-24)20(27)28-4-2)22-14-17-15-23-26(16-17)18-8-6-5-7-9-18;/h5-9,15-16H,3-4,10-14H2,1-2H3,(H,21,22);1H. The first kappa shape index (κ1) is 23.0. The number of piperazine rings is 1. The Morgan fingerprint density at radius 2 is 1.83 bits per heavy atom. The first-order chi connectivity index (χ1) is 13.7. The summed E-state index contributed by atoms with van der Waals surface area (Å²) in [6, 6.07) is 10.0. The molecule has 8 nitrogen and oxygen atoms in total. The largest absolute Gasteiger partial charge is 0.450 e. The lowest BCUT2D eigenvalue weighted by Gasteiger charge is -2.35. The van der Waals surface area contributed by atoms with Crippen LogP contribution in [0.15, 0.2) is 47.7 Å². The van der Waals surface area contributed by atoms with Gasteiger partial charge in [0.1, 0.15) is 0 Å². The molecule has 1 aromatic carbocycles. The molecule has 0 bridgehead atoms. The minimum absolute atomic E-state index is 0. The van der Waals surface area contributed by atoms with E-state index in [-0.39, 0.29) is 30.1 Å². The number of aromatic nitrogens is 2. The number of halogens is 1. The van der Waals surface area contributed by atoms with Crippen molar-refractivity contribution in [2.24, 2.45) is 4.99 Å². The van der Waals surface area contributed by atoms with Gasteiger partial charge in [0.2, 0.25) is 0 Å². The quantitative estimate of drug-likeness (QED) is 0.379. The van der Waals surface area contributed by atoms with Crippen LogP contribution in [0.5, 0.6) is 0 Å². The summed E-state index contributed by atoms with van der Waals surface area (Å²) in [4.78, 5) is 20.5. The lowest BCUT2D eigenvalue weighted by Crippen LogP contribution is -2.53. The number of benzene rings is 1. The zero-order valence-corrected chi connectivity index (χ0v) is 19.3. The molecular formula is C20H29IN6O2. The minimum atomic E-state index is -0.239. The molecule has 0 aliphatic carbocycles. The summed E-state index contributed by atoms with van der Waals surface area (Å²) in [7, 11) is 0. The molecule has 9 heteroatoms. The van der Waals surface area contributed by atoms with Crippen LogP contribution in [0.3, 0.4) is 0 Å². The average Bonchev–Trinajstić information content (AvgIpc) is 3.21. The molecule has 2 heterocycles. The Kier molecular flexibility index (Phi) is 9.23. The maximum atomic E-state index is 11.9. The maximum Gasteiger partial charge on any atom is 0.409 e. The Labute approximate surface area is 188 Å². The number of nitrogens with one attached hydrogen (secondary N) is 1. The number of aliphatic imine (C=N–C) groups is 1. The van der Waals surface area contributed by atoms with E-state index in [4.69, 9.17) is 9.73 Å². The van der Waals surface area contributed by atoms with Crippen molar-refractivity contribution in [3.8, 4) is 5.69 Å². The number of hydrogen-bond donors (Lipinski definition) is 1. The van der Waals surface area contributed by atoms with Crippen molar-refractivity contribution < 1.29 is 9.53 Å². The molecule has 1 aliphatic rings. The van der Waals surface area contributed by atoms with Crippen molar-refractivity contribution in [3.05, 3.63) is 48.3 Å². The smallest absolute Gasteiger partial charge is 0.409 e. The van der Waals surface area contributed by atoms with Gasteiger partial charge in [-0.2, -0.15) is 5.10 Å². The second kappa shape index (κ2) is 11.6. The zero-order valence-electron chi connectivity index (χ0n) is 17.0. The average molecular weight is 512 g/mol. The third-order valence-corrected chi connectivity index (χ3v) is 4.51. The molecule has 1 amide bonds. The number of guanidine groups is 1. The van der Waals surface area contributed by atoms with E-state index >= 15 is 0 Å². The fourth-order valence-electron chi connectivity index (χ4n) is 3.07. The molecule has 0 saturated carbocycles. The van der Waals surface area contributed by atoms with Crippen LogP contribution in [0.25, 0.3) is 5.69 Å². The maximum absolute atomic E-state index is 11.9. The van der Waals surface area contributed by atoms with Gasteiger partial charge < -0.3 is 19.9 Å². The van der Waals surface area contributed by atoms with Crippen LogP contribution in [0, 0.1) is 0 Å². The summed E-state index contributed by atoms with van der Waals surface area (Å²) in [5.74, 6) is 0.860. The van der Waals surface area contributed by atoms with Crippen LogP contribution in [0.1, 0.15) is 19.4 Å². The van der Waals surface area contributed by atoms with Gasteiger partial charge in [0.15, 0.2) is 5.96 Å². The van der Waals surface area contributed by atoms with E-state index in [0.29, 0.717) is 26.2 Å². The molecule has 0 atom stereocenters. The first-order valence-electron chi connectivity index (χ1n) is 9.75. The molecule has 2 aromatic rings. The third kappa shape index (κ3) is 6.34. The van der Waals surface area contributed by atoms with E-state index in [9.17, 15) is 4.79 Å². The van der Waals surface area contributed by atoms with Crippen LogP contribution < -0.4 is 5.32 Å². The second-order valence-corrected chi connectivity index (χ2v) is 6.47. The highest BCUT2D eigenvalue weighted by atomic mass is 127. The van der Waals surface area contributed by atoms with E-state index in [0.717, 1.165) is 36.8 Å². The highest BCUT2D eigenvalue weighted by Crippen LogP contribution is 2.09. The van der Waals surface area contributed by atoms with Crippen molar-refractivity contribution in [3.63, 3.8) is 0 Å². The molecule has 3 rings (SSSR count). The Bertz CT molecular complexity index is 787. The van der Waals surface area contributed by atoms with E-state index in [1.165, 1.54) is 0 Å². The summed E-state index contributed by atoms with van der Waals surface area (Å²) < 4.78 is 6.94. The molecule has 1 fully saturated rings. The van der Waals surface area contributed by atoms with Gasteiger partial charge in [-0.3, -0.25) is 0 Å². The summed E-state index contributed by atoms with van der Waals surface area (Å²) in [6.07, 6.45) is 3.61. The number of ether oxygens (including phenoxy) is 1. The molecule has 0 unspecified atom stereocenters. The predicted octanol–water partition coefficient (Wildman–Crippen LogP) is 2.73. The number of amides is 1. The minimum Gasteiger partial charge on any atom is -0.450 e. The number of rotatable bonds is 5. The number of carbonyl (C=O) groups is 1. The molecule has 1 N–H and O–H groups in total. The van der Waals surface area contributed by atoms with Crippen LogP contribution in [0.2, 0.25) is 0 Å². The monoisotopic (exact) mass is 512 g/mol. The summed E-state index contributed by atoms with van der Waals surface area (Å²) in [6.45, 7) is 8.35. The molecule has 0 spiro atoms. The van der Waals surface area contributed by atoms with Gasteiger partial charge in [-0.25, -0.2) is 14.5 Å². The first-order valence-corrected chi connectivity index (χ1v) is 9.75. The molecule has 0 radical (unpaired) electrons. The number of carbonyl (C=O) groups excluding carboxylic acids is 1. The number of nitrogens with zero attached hydrogens (tertiary/aromatic N) is 5. The molecule has 1 aliphatic heterocycles. The highest BCUT2D eigenvalue weighted by molar-refractivity contribution is 14.0. The number of hydrogen-bond acceptors (Lipinski definition) is 4. The van der Waals surface area contributed by atoms with E-state index in [1.54, 1.807) is 4.90 Å². The van der Waals surface area contributed by atoms with Gasteiger partial charge in [-0.05, 0) is 26.0 Å². The molecule has 1 saturated heterocycles. The predicted molar refractivity (Wildman–Crippen MR) is 124 cm³/mol. The van der Waals surface area contributed by atoms with Crippen LogP contribution in [-0.4, -0.2) is 71.0 Å². The van der Waals surface area contributed by atoms with E-state index in [1.807, 2.05) is 54.3 Å². The van der Waals surface area contributed by atoms with Gasteiger partial charge in [0, 0.05) is 44.5 Å². The molecular weight excluding hydrogens is 483 g/mol. The van der Waals surface area contributed by atoms with Crippen LogP contribution in [-0.2, 0) is 11.3 Å². The zero-order chi connectivity index (χ0) is 19.8. The van der Waals surface area contributed by atoms with Crippen molar-refractivity contribution in [1.29, 1.82) is 0 Å². The normalized spacial score (nSPS) is 14.3. The second-order valence-electron chi connectivity index (χ2n) is 6.47. The molecule has 158 valence electrons. The van der Waals surface area contributed by atoms with E-state index in [2.05, 4.69) is 22.2 Å². The Balaban J connectivity index is 0.00000300. The van der Waals surface area contributed by atoms with Gasteiger partial charge >= 0.3 is 6.09 Å². The lowest BCUT2D eigenvalue weighted by atomic mass is 10.3. The van der Waals surface area contributed by atoms with Crippen LogP contribution in [0.4, 0.5) is 4.79 Å². The van der Waals surface area contributed by atoms with Gasteiger partial charge in [0.05, 0.1) is 25.0 Å². The van der Waals surface area contributed by atoms with Gasteiger partial charge in [-0.1, -0.05) is 18.2 Å². The molecule has 1 aromatic heterocycles.